The van der Waals surface area contributed by atoms with E-state index in [1.165, 1.54) is 12.1 Å². The van der Waals surface area contributed by atoms with E-state index in [1.807, 2.05) is 35.2 Å². The summed E-state index contributed by atoms with van der Waals surface area (Å²) in [7, 11) is -3.73. The Bertz CT molecular complexity index is 1080. The fourth-order valence-electron chi connectivity index (χ4n) is 3.54. The Hall–Kier alpha value is -2.71. The van der Waals surface area contributed by atoms with Crippen LogP contribution in [0.2, 0.25) is 0 Å². The van der Waals surface area contributed by atoms with Gasteiger partial charge >= 0.3 is 0 Å². The van der Waals surface area contributed by atoms with Crippen molar-refractivity contribution in [2.24, 2.45) is 0 Å². The molecule has 29 heavy (non-hydrogen) atoms. The summed E-state index contributed by atoms with van der Waals surface area (Å²) in [5.41, 5.74) is 1.38. The zero-order valence-corrected chi connectivity index (χ0v) is 17.3. The number of aromatic nitrogens is 1. The lowest BCUT2D eigenvalue weighted by molar-refractivity contribution is 0.0606. The molecule has 1 aliphatic heterocycles. The number of benzene rings is 2. The molecule has 0 spiro atoms. The standard InChI is InChI=1S/C21H21N3O3S2/c25-20(24-14-8-7-13-19(24)16-9-3-1-4-10-16)18-15-28-21(22-18)23-29(26,27)17-11-5-2-6-12-17/h1-6,9-12,15,19H,7-8,13-14H2,(H,22,23). The second kappa shape index (κ2) is 8.34. The zero-order chi connectivity index (χ0) is 20.3. The summed E-state index contributed by atoms with van der Waals surface area (Å²) < 4.78 is 27.4. The van der Waals surface area contributed by atoms with Crippen molar-refractivity contribution in [1.29, 1.82) is 0 Å². The van der Waals surface area contributed by atoms with Gasteiger partial charge in [-0.1, -0.05) is 48.5 Å². The van der Waals surface area contributed by atoms with Crippen LogP contribution in [0.1, 0.15) is 41.4 Å². The van der Waals surface area contributed by atoms with Gasteiger partial charge in [0.15, 0.2) is 5.13 Å². The van der Waals surface area contributed by atoms with Gasteiger partial charge in [0, 0.05) is 11.9 Å². The molecule has 8 heteroatoms. The molecule has 1 saturated heterocycles. The normalized spacial score (nSPS) is 17.1. The third-order valence-corrected chi connectivity index (χ3v) is 7.19. The van der Waals surface area contributed by atoms with E-state index in [2.05, 4.69) is 9.71 Å². The number of nitrogens with zero attached hydrogens (tertiary/aromatic N) is 2. The Morgan fingerprint density at radius 1 is 1.03 bits per heavy atom. The van der Waals surface area contributed by atoms with Crippen LogP contribution in [0.25, 0.3) is 0 Å². The van der Waals surface area contributed by atoms with E-state index in [9.17, 15) is 13.2 Å². The summed E-state index contributed by atoms with van der Waals surface area (Å²) in [6.45, 7) is 0.668. The first-order valence-corrected chi connectivity index (χ1v) is 11.8. The second-order valence-electron chi connectivity index (χ2n) is 6.88. The molecule has 3 aromatic rings. The SMILES string of the molecule is O=C(c1csc(NS(=O)(=O)c2ccccc2)n1)N1CCCCC1c1ccccc1. The molecular weight excluding hydrogens is 406 g/mol. The van der Waals surface area contributed by atoms with E-state index in [4.69, 9.17) is 0 Å². The number of carbonyl (C=O) groups excluding carboxylic acids is 1. The predicted octanol–water partition coefficient (Wildman–Crippen LogP) is 4.31. The molecule has 1 aliphatic rings. The van der Waals surface area contributed by atoms with Crippen molar-refractivity contribution < 1.29 is 13.2 Å². The largest absolute Gasteiger partial charge is 0.330 e. The van der Waals surface area contributed by atoms with Gasteiger partial charge in [0.2, 0.25) is 0 Å². The lowest BCUT2D eigenvalue weighted by Gasteiger charge is -2.35. The van der Waals surface area contributed by atoms with Crippen LogP contribution in [0.3, 0.4) is 0 Å². The van der Waals surface area contributed by atoms with Gasteiger partial charge in [0.25, 0.3) is 15.9 Å². The third-order valence-electron chi connectivity index (χ3n) is 4.95. The van der Waals surface area contributed by atoms with Crippen molar-refractivity contribution in [1.82, 2.24) is 9.88 Å². The molecule has 1 atom stereocenters. The molecule has 6 nitrogen and oxygen atoms in total. The van der Waals surface area contributed by atoms with Gasteiger partial charge in [-0.25, -0.2) is 13.4 Å². The molecule has 4 rings (SSSR count). The summed E-state index contributed by atoms with van der Waals surface area (Å²) in [5, 5.41) is 1.80. The minimum atomic E-state index is -3.73. The quantitative estimate of drug-likeness (QED) is 0.658. The Morgan fingerprint density at radius 2 is 1.72 bits per heavy atom. The number of sulfonamides is 1. The summed E-state index contributed by atoms with van der Waals surface area (Å²) >= 11 is 1.11. The molecule has 150 valence electrons. The van der Waals surface area contributed by atoms with Crippen LogP contribution in [0, 0.1) is 0 Å². The summed E-state index contributed by atoms with van der Waals surface area (Å²) in [5.74, 6) is -0.167. The van der Waals surface area contributed by atoms with Crippen molar-refractivity contribution in [3.05, 3.63) is 77.3 Å². The maximum Gasteiger partial charge on any atom is 0.273 e. The van der Waals surface area contributed by atoms with E-state index in [0.717, 1.165) is 36.2 Å². The van der Waals surface area contributed by atoms with Crippen LogP contribution in [0.5, 0.6) is 0 Å². The van der Waals surface area contributed by atoms with E-state index in [1.54, 1.807) is 23.6 Å². The topological polar surface area (TPSA) is 79.4 Å². The number of nitrogens with one attached hydrogen (secondary N) is 1. The molecule has 0 radical (unpaired) electrons. The maximum absolute atomic E-state index is 13.1. The lowest BCUT2D eigenvalue weighted by Crippen LogP contribution is -2.38. The number of rotatable bonds is 5. The highest BCUT2D eigenvalue weighted by molar-refractivity contribution is 7.93. The highest BCUT2D eigenvalue weighted by atomic mass is 32.2. The van der Waals surface area contributed by atoms with E-state index in [0.29, 0.717) is 6.54 Å². The Labute approximate surface area is 174 Å². The Kier molecular flexibility index (Phi) is 5.64. The number of hydrogen-bond donors (Lipinski definition) is 1. The van der Waals surface area contributed by atoms with Gasteiger partial charge < -0.3 is 4.90 Å². The summed E-state index contributed by atoms with van der Waals surface area (Å²) in [4.78, 5) is 19.4. The van der Waals surface area contributed by atoms with Crippen molar-refractivity contribution in [3.8, 4) is 0 Å². The Morgan fingerprint density at radius 3 is 2.45 bits per heavy atom. The number of thiazole rings is 1. The molecule has 1 N–H and O–H groups in total. The fourth-order valence-corrected chi connectivity index (χ4v) is 5.49. The molecule has 1 aromatic heterocycles. The summed E-state index contributed by atoms with van der Waals surface area (Å²) in [6.07, 6.45) is 2.93. The highest BCUT2D eigenvalue weighted by Crippen LogP contribution is 2.32. The van der Waals surface area contributed by atoms with E-state index < -0.39 is 10.0 Å². The number of carbonyl (C=O) groups is 1. The minimum Gasteiger partial charge on any atom is -0.330 e. The van der Waals surface area contributed by atoms with E-state index >= 15 is 0 Å². The molecule has 0 aliphatic carbocycles. The smallest absolute Gasteiger partial charge is 0.273 e. The first kappa shape index (κ1) is 19.6. The van der Waals surface area contributed by atoms with Gasteiger partial charge in [-0.15, -0.1) is 11.3 Å². The summed E-state index contributed by atoms with van der Waals surface area (Å²) in [6, 6.07) is 18.1. The highest BCUT2D eigenvalue weighted by Gasteiger charge is 2.30. The van der Waals surface area contributed by atoms with Gasteiger partial charge in [-0.2, -0.15) is 0 Å². The van der Waals surface area contributed by atoms with Gasteiger partial charge in [-0.3, -0.25) is 9.52 Å². The van der Waals surface area contributed by atoms with Crippen LogP contribution >= 0.6 is 11.3 Å². The van der Waals surface area contributed by atoms with E-state index in [-0.39, 0.29) is 27.7 Å². The minimum absolute atomic E-state index is 0.0172. The molecule has 2 heterocycles. The average Bonchev–Trinajstić information content (AvgIpc) is 3.22. The van der Waals surface area contributed by atoms with Crippen LogP contribution in [0.4, 0.5) is 5.13 Å². The molecular formula is C21H21N3O3S2. The third kappa shape index (κ3) is 4.33. The first-order chi connectivity index (χ1) is 14.0. The first-order valence-electron chi connectivity index (χ1n) is 9.44. The fraction of sp³-hybridized carbons (Fsp3) is 0.238. The molecule has 1 amide bonds. The van der Waals surface area contributed by atoms with Crippen LogP contribution in [-0.2, 0) is 10.0 Å². The van der Waals surface area contributed by atoms with Gasteiger partial charge in [0.1, 0.15) is 5.69 Å². The second-order valence-corrected chi connectivity index (χ2v) is 9.42. The average molecular weight is 428 g/mol. The molecule has 0 saturated carbocycles. The monoisotopic (exact) mass is 427 g/mol. The maximum atomic E-state index is 13.1. The van der Waals surface area contributed by atoms with Crippen molar-refractivity contribution in [2.45, 2.75) is 30.2 Å². The van der Waals surface area contributed by atoms with Gasteiger partial charge in [0.05, 0.1) is 10.9 Å². The zero-order valence-electron chi connectivity index (χ0n) is 15.7. The predicted molar refractivity (Wildman–Crippen MR) is 113 cm³/mol. The molecule has 0 bridgehead atoms. The van der Waals surface area contributed by atoms with Crippen LogP contribution in [0.15, 0.2) is 70.9 Å². The number of likely N-dealkylation sites (tertiary alicyclic amines) is 1. The van der Waals surface area contributed by atoms with Crippen LogP contribution < -0.4 is 4.72 Å². The molecule has 1 fully saturated rings. The number of amides is 1. The van der Waals surface area contributed by atoms with Crippen LogP contribution in [-0.4, -0.2) is 30.8 Å². The number of piperidine rings is 1. The number of hydrogen-bond acceptors (Lipinski definition) is 5. The van der Waals surface area contributed by atoms with Crippen molar-refractivity contribution in [2.75, 3.05) is 11.3 Å². The molecule has 2 aromatic carbocycles. The van der Waals surface area contributed by atoms with Crippen molar-refractivity contribution in [3.63, 3.8) is 0 Å². The molecule has 1 unspecified atom stereocenters. The lowest BCUT2D eigenvalue weighted by atomic mass is 9.95. The number of anilines is 1. The van der Waals surface area contributed by atoms with Gasteiger partial charge in [-0.05, 0) is 37.0 Å². The van der Waals surface area contributed by atoms with Crippen molar-refractivity contribution >= 4 is 32.4 Å². The Balaban J connectivity index is 1.53.